The van der Waals surface area contributed by atoms with Gasteiger partial charge in [0.05, 0.1) is 18.2 Å². The van der Waals surface area contributed by atoms with Gasteiger partial charge in [0.15, 0.2) is 0 Å². The van der Waals surface area contributed by atoms with E-state index < -0.39 is 0 Å². The molecule has 6 nitrogen and oxygen atoms in total. The predicted octanol–water partition coefficient (Wildman–Crippen LogP) is 1.41. The van der Waals surface area contributed by atoms with Gasteiger partial charge in [-0.1, -0.05) is 12.1 Å². The number of ether oxygens (including phenoxy) is 1. The average molecular weight is 363 g/mol. The van der Waals surface area contributed by atoms with Crippen molar-refractivity contribution in [3.8, 4) is 0 Å². The smallest absolute Gasteiger partial charge is 0.225 e. The van der Waals surface area contributed by atoms with Crippen LogP contribution in [0.5, 0.6) is 0 Å². The maximum atomic E-state index is 13.9. The maximum absolute atomic E-state index is 13.9. The molecule has 0 bridgehead atoms. The zero-order valence-electron chi connectivity index (χ0n) is 15.1. The summed E-state index contributed by atoms with van der Waals surface area (Å²) in [6, 6.07) is 6.85. The minimum atomic E-state index is -0.288. The molecular formula is C19H26FN3O3. The van der Waals surface area contributed by atoms with E-state index in [-0.39, 0.29) is 36.0 Å². The number of para-hydroxylation sites is 1. The second-order valence-electron chi connectivity index (χ2n) is 6.95. The molecular weight excluding hydrogens is 337 g/mol. The van der Waals surface area contributed by atoms with Crippen molar-refractivity contribution < 1.29 is 18.7 Å². The number of likely N-dealkylation sites (tertiary alicyclic amines) is 1. The van der Waals surface area contributed by atoms with Gasteiger partial charge in [-0.3, -0.25) is 9.59 Å². The van der Waals surface area contributed by atoms with Gasteiger partial charge in [-0.05, 0) is 25.0 Å². The third kappa shape index (κ3) is 4.33. The molecule has 1 atom stereocenters. The quantitative estimate of drug-likeness (QED) is 0.830. The first-order valence-electron chi connectivity index (χ1n) is 9.15. The Bertz CT molecular complexity index is 647. The molecule has 2 fully saturated rings. The highest BCUT2D eigenvalue weighted by Gasteiger charge is 2.35. The van der Waals surface area contributed by atoms with Crippen LogP contribution in [0.1, 0.15) is 19.3 Å². The molecule has 0 aliphatic carbocycles. The molecule has 2 amide bonds. The molecule has 1 N–H and O–H groups in total. The van der Waals surface area contributed by atoms with E-state index in [9.17, 15) is 14.0 Å². The van der Waals surface area contributed by atoms with Crippen LogP contribution in [-0.2, 0) is 14.3 Å². The number of anilines is 1. The fraction of sp³-hybridized carbons (Fsp3) is 0.579. The number of rotatable bonds is 6. The molecule has 26 heavy (non-hydrogen) atoms. The van der Waals surface area contributed by atoms with Crippen molar-refractivity contribution in [2.45, 2.75) is 25.3 Å². The van der Waals surface area contributed by atoms with Crippen LogP contribution in [0.15, 0.2) is 24.3 Å². The standard InChI is InChI=1S/C19H26FN3O3/c1-26-11-10-23-13-14(12-18(23)24)19(25)21-15-6-8-22(9-7-15)17-5-3-2-4-16(17)20/h2-5,14-15H,6-13H2,1H3,(H,21,25)/t14-/m0/s1. The molecule has 2 aliphatic rings. The summed E-state index contributed by atoms with van der Waals surface area (Å²) in [6.07, 6.45) is 1.81. The highest BCUT2D eigenvalue weighted by atomic mass is 19.1. The molecule has 0 saturated carbocycles. The molecule has 0 spiro atoms. The van der Waals surface area contributed by atoms with E-state index in [1.165, 1.54) is 6.07 Å². The van der Waals surface area contributed by atoms with E-state index in [4.69, 9.17) is 4.74 Å². The summed E-state index contributed by atoms with van der Waals surface area (Å²) in [7, 11) is 1.60. The lowest BCUT2D eigenvalue weighted by molar-refractivity contribution is -0.129. The zero-order chi connectivity index (χ0) is 18.5. The second-order valence-corrected chi connectivity index (χ2v) is 6.95. The van der Waals surface area contributed by atoms with Gasteiger partial charge in [-0.25, -0.2) is 4.39 Å². The third-order valence-electron chi connectivity index (χ3n) is 5.19. The lowest BCUT2D eigenvalue weighted by Gasteiger charge is -2.34. The summed E-state index contributed by atoms with van der Waals surface area (Å²) in [5, 5.41) is 3.08. The molecule has 0 unspecified atom stereocenters. The van der Waals surface area contributed by atoms with Crippen LogP contribution in [0.4, 0.5) is 10.1 Å². The normalized spacial score (nSPS) is 21.3. The van der Waals surface area contributed by atoms with E-state index in [0.717, 1.165) is 12.8 Å². The molecule has 2 saturated heterocycles. The first-order chi connectivity index (χ1) is 12.6. The van der Waals surface area contributed by atoms with Crippen molar-refractivity contribution in [1.29, 1.82) is 0 Å². The molecule has 1 aromatic carbocycles. The summed E-state index contributed by atoms with van der Waals surface area (Å²) in [5.74, 6) is -0.543. The number of halogens is 1. The summed E-state index contributed by atoms with van der Waals surface area (Å²) in [4.78, 5) is 28.2. The fourth-order valence-electron chi connectivity index (χ4n) is 3.66. The predicted molar refractivity (Wildman–Crippen MR) is 96.3 cm³/mol. The zero-order valence-corrected chi connectivity index (χ0v) is 15.1. The van der Waals surface area contributed by atoms with Crippen molar-refractivity contribution in [2.75, 3.05) is 44.8 Å². The number of nitrogens with one attached hydrogen (secondary N) is 1. The van der Waals surface area contributed by atoms with Crippen LogP contribution in [0.3, 0.4) is 0 Å². The van der Waals surface area contributed by atoms with E-state index in [2.05, 4.69) is 5.32 Å². The fourth-order valence-corrected chi connectivity index (χ4v) is 3.66. The van der Waals surface area contributed by atoms with Gasteiger partial charge in [0.25, 0.3) is 0 Å². The molecule has 0 radical (unpaired) electrons. The molecule has 142 valence electrons. The van der Waals surface area contributed by atoms with Gasteiger partial charge >= 0.3 is 0 Å². The number of carbonyl (C=O) groups excluding carboxylic acids is 2. The first-order valence-corrected chi connectivity index (χ1v) is 9.15. The molecule has 0 aromatic heterocycles. The van der Waals surface area contributed by atoms with Gasteiger partial charge in [0.1, 0.15) is 5.82 Å². The van der Waals surface area contributed by atoms with Crippen molar-refractivity contribution in [2.24, 2.45) is 5.92 Å². The Balaban J connectivity index is 1.47. The SMILES string of the molecule is COCCN1C[C@@H](C(=O)NC2CCN(c3ccccc3F)CC2)CC1=O. The van der Waals surface area contributed by atoms with Crippen LogP contribution in [0.2, 0.25) is 0 Å². The lowest BCUT2D eigenvalue weighted by Crippen LogP contribution is -2.47. The number of piperidine rings is 1. The van der Waals surface area contributed by atoms with Crippen LogP contribution in [0.25, 0.3) is 0 Å². The van der Waals surface area contributed by atoms with Crippen molar-refractivity contribution >= 4 is 17.5 Å². The van der Waals surface area contributed by atoms with Gasteiger partial charge in [0.2, 0.25) is 11.8 Å². The van der Waals surface area contributed by atoms with E-state index in [1.807, 2.05) is 11.0 Å². The van der Waals surface area contributed by atoms with E-state index >= 15 is 0 Å². The van der Waals surface area contributed by atoms with E-state index in [0.29, 0.717) is 38.5 Å². The number of nitrogens with zero attached hydrogens (tertiary/aromatic N) is 2. The van der Waals surface area contributed by atoms with Crippen molar-refractivity contribution in [3.05, 3.63) is 30.1 Å². The van der Waals surface area contributed by atoms with Crippen molar-refractivity contribution in [1.82, 2.24) is 10.2 Å². The molecule has 2 heterocycles. The number of carbonyl (C=O) groups is 2. The van der Waals surface area contributed by atoms with Gasteiger partial charge < -0.3 is 19.9 Å². The summed E-state index contributed by atoms with van der Waals surface area (Å²) in [6.45, 7) is 2.88. The number of amides is 2. The van der Waals surface area contributed by atoms with Crippen LogP contribution < -0.4 is 10.2 Å². The molecule has 7 heteroatoms. The van der Waals surface area contributed by atoms with Gasteiger partial charge in [-0.2, -0.15) is 0 Å². The Morgan fingerprint density at radius 1 is 1.31 bits per heavy atom. The third-order valence-corrected chi connectivity index (χ3v) is 5.19. The largest absolute Gasteiger partial charge is 0.383 e. The average Bonchev–Trinajstić information content (AvgIpc) is 3.02. The highest BCUT2D eigenvalue weighted by Crippen LogP contribution is 2.24. The Labute approximate surface area is 153 Å². The Hall–Kier alpha value is -2.15. The Morgan fingerprint density at radius 3 is 2.73 bits per heavy atom. The van der Waals surface area contributed by atoms with Crippen LogP contribution >= 0.6 is 0 Å². The highest BCUT2D eigenvalue weighted by molar-refractivity contribution is 5.89. The topological polar surface area (TPSA) is 61.9 Å². The Morgan fingerprint density at radius 2 is 2.04 bits per heavy atom. The van der Waals surface area contributed by atoms with E-state index in [1.54, 1.807) is 24.1 Å². The number of hydrogen-bond donors (Lipinski definition) is 1. The second kappa shape index (κ2) is 8.49. The molecule has 1 aromatic rings. The number of methoxy groups -OCH3 is 1. The Kier molecular flexibility index (Phi) is 6.08. The summed E-state index contributed by atoms with van der Waals surface area (Å²) in [5.41, 5.74) is 0.618. The minimum absolute atomic E-state index is 0.0107. The van der Waals surface area contributed by atoms with Gasteiger partial charge in [-0.15, -0.1) is 0 Å². The first kappa shape index (κ1) is 18.6. The van der Waals surface area contributed by atoms with Crippen molar-refractivity contribution in [3.63, 3.8) is 0 Å². The summed E-state index contributed by atoms with van der Waals surface area (Å²) >= 11 is 0. The summed E-state index contributed by atoms with van der Waals surface area (Å²) < 4.78 is 18.9. The van der Waals surface area contributed by atoms with Crippen LogP contribution in [-0.4, -0.2) is 62.7 Å². The minimum Gasteiger partial charge on any atom is -0.383 e. The lowest BCUT2D eigenvalue weighted by atomic mass is 10.0. The monoisotopic (exact) mass is 363 g/mol. The number of benzene rings is 1. The van der Waals surface area contributed by atoms with Gasteiger partial charge in [0, 0.05) is 45.8 Å². The molecule has 3 rings (SSSR count). The number of hydrogen-bond acceptors (Lipinski definition) is 4. The van der Waals surface area contributed by atoms with Crippen LogP contribution in [0, 0.1) is 11.7 Å². The maximum Gasteiger partial charge on any atom is 0.225 e. The molecule has 2 aliphatic heterocycles.